The molecule has 0 aliphatic heterocycles. The minimum atomic E-state index is 0.402. The zero-order valence-electron chi connectivity index (χ0n) is 17.9. The third-order valence-electron chi connectivity index (χ3n) is 4.49. The van der Waals surface area contributed by atoms with Crippen LogP contribution < -0.4 is 20.3 Å². The monoisotopic (exact) mass is 389 g/mol. The third kappa shape index (κ3) is 5.44. The van der Waals surface area contributed by atoms with Gasteiger partial charge < -0.3 is 20.3 Å². The highest BCUT2D eigenvalue weighted by molar-refractivity contribution is 5.78. The van der Waals surface area contributed by atoms with Gasteiger partial charge in [-0.15, -0.1) is 0 Å². The van der Waals surface area contributed by atoms with Crippen molar-refractivity contribution in [3.8, 4) is 5.75 Å². The Kier molecular flexibility index (Phi) is 6.65. The van der Waals surface area contributed by atoms with E-state index in [9.17, 15) is 0 Å². The number of anilines is 5. The van der Waals surface area contributed by atoms with Crippen molar-refractivity contribution in [2.75, 3.05) is 22.6 Å². The molecule has 4 nitrogen and oxygen atoms in total. The van der Waals surface area contributed by atoms with Crippen LogP contribution in [0.4, 0.5) is 28.4 Å². The topological polar surface area (TPSA) is 36.5 Å². The quantitative estimate of drug-likeness (QED) is 0.444. The maximum atomic E-state index is 5.33. The molecule has 4 heteroatoms. The Balaban J connectivity index is 1.97. The molecule has 3 rings (SSSR count). The van der Waals surface area contributed by atoms with E-state index in [1.54, 1.807) is 7.11 Å². The molecule has 3 aromatic rings. The van der Waals surface area contributed by atoms with Crippen LogP contribution in [-0.2, 0) is 0 Å². The largest absolute Gasteiger partial charge is 0.497 e. The first kappa shape index (κ1) is 20.6. The molecule has 0 aliphatic carbocycles. The first-order valence-corrected chi connectivity index (χ1v) is 10.1. The molecule has 0 saturated carbocycles. The number of rotatable bonds is 8. The van der Waals surface area contributed by atoms with Crippen molar-refractivity contribution in [3.63, 3.8) is 0 Å². The fraction of sp³-hybridized carbons (Fsp3) is 0.280. The van der Waals surface area contributed by atoms with Crippen molar-refractivity contribution in [1.29, 1.82) is 0 Å². The Labute approximate surface area is 174 Å². The van der Waals surface area contributed by atoms with Gasteiger partial charge in [-0.2, -0.15) is 0 Å². The van der Waals surface area contributed by atoms with Crippen LogP contribution in [-0.4, -0.2) is 19.2 Å². The molecule has 3 aromatic carbocycles. The molecule has 152 valence electrons. The van der Waals surface area contributed by atoms with Crippen molar-refractivity contribution in [2.45, 2.75) is 39.8 Å². The molecule has 0 aromatic heterocycles. The van der Waals surface area contributed by atoms with E-state index in [0.29, 0.717) is 12.1 Å². The van der Waals surface area contributed by atoms with Gasteiger partial charge in [-0.1, -0.05) is 0 Å². The second-order valence-electron chi connectivity index (χ2n) is 7.73. The summed E-state index contributed by atoms with van der Waals surface area (Å²) in [4.78, 5) is 2.25. The highest BCUT2D eigenvalue weighted by atomic mass is 16.5. The number of hydrogen-bond donors (Lipinski definition) is 2. The number of nitrogens with one attached hydrogen (secondary N) is 2. The molecule has 0 aliphatic rings. The summed E-state index contributed by atoms with van der Waals surface area (Å²) in [6.45, 7) is 8.57. The van der Waals surface area contributed by atoms with Crippen LogP contribution in [0.25, 0.3) is 0 Å². The van der Waals surface area contributed by atoms with E-state index in [2.05, 4.69) is 104 Å². The van der Waals surface area contributed by atoms with E-state index in [4.69, 9.17) is 4.74 Å². The van der Waals surface area contributed by atoms with Gasteiger partial charge >= 0.3 is 0 Å². The Morgan fingerprint density at radius 3 is 1.24 bits per heavy atom. The van der Waals surface area contributed by atoms with Crippen LogP contribution in [0, 0.1) is 0 Å². The predicted molar refractivity (Wildman–Crippen MR) is 125 cm³/mol. The normalized spacial score (nSPS) is 10.9. The molecular formula is C25H31N3O. The number of benzene rings is 3. The van der Waals surface area contributed by atoms with Gasteiger partial charge in [0.1, 0.15) is 5.75 Å². The lowest BCUT2D eigenvalue weighted by molar-refractivity contribution is 0.415. The lowest BCUT2D eigenvalue weighted by Gasteiger charge is -2.26. The summed E-state index contributed by atoms with van der Waals surface area (Å²) in [5.74, 6) is 0.849. The fourth-order valence-electron chi connectivity index (χ4n) is 3.26. The number of nitrogens with zero attached hydrogens (tertiary/aromatic N) is 1. The van der Waals surface area contributed by atoms with Crippen LogP contribution in [0.15, 0.2) is 72.8 Å². The van der Waals surface area contributed by atoms with Gasteiger partial charge in [-0.3, -0.25) is 0 Å². The third-order valence-corrected chi connectivity index (χ3v) is 4.49. The number of ether oxygens (including phenoxy) is 1. The van der Waals surface area contributed by atoms with Crippen LogP contribution in [0.1, 0.15) is 27.7 Å². The van der Waals surface area contributed by atoms with Gasteiger partial charge in [0.2, 0.25) is 0 Å². The maximum absolute atomic E-state index is 5.33. The van der Waals surface area contributed by atoms with Crippen molar-refractivity contribution in [3.05, 3.63) is 72.8 Å². The molecule has 0 radical (unpaired) electrons. The Bertz CT molecular complexity index is 831. The molecule has 0 spiro atoms. The summed E-state index contributed by atoms with van der Waals surface area (Å²) in [5, 5.41) is 6.90. The summed E-state index contributed by atoms with van der Waals surface area (Å²) < 4.78 is 5.33. The zero-order valence-corrected chi connectivity index (χ0v) is 17.9. The van der Waals surface area contributed by atoms with Gasteiger partial charge in [0.15, 0.2) is 0 Å². The molecule has 0 fully saturated rings. The van der Waals surface area contributed by atoms with E-state index in [1.165, 1.54) is 0 Å². The van der Waals surface area contributed by atoms with Gasteiger partial charge in [0.05, 0.1) is 7.11 Å². The van der Waals surface area contributed by atoms with Crippen LogP contribution in [0.5, 0.6) is 5.75 Å². The van der Waals surface area contributed by atoms with Gasteiger partial charge in [-0.25, -0.2) is 0 Å². The lowest BCUT2D eigenvalue weighted by atomic mass is 10.1. The SMILES string of the molecule is COc1ccc(N(c2ccc(NC(C)C)cc2)c2ccc(NC(C)C)cc2)cc1. The molecular weight excluding hydrogens is 358 g/mol. The van der Waals surface area contributed by atoms with Crippen molar-refractivity contribution in [1.82, 2.24) is 0 Å². The Morgan fingerprint density at radius 2 is 0.931 bits per heavy atom. The molecule has 0 bridgehead atoms. The van der Waals surface area contributed by atoms with Crippen molar-refractivity contribution in [2.24, 2.45) is 0 Å². The van der Waals surface area contributed by atoms with Gasteiger partial charge in [-0.05, 0) is 100 Å². The molecule has 0 atom stereocenters. The molecule has 2 N–H and O–H groups in total. The molecule has 0 saturated heterocycles. The summed E-state index contributed by atoms with van der Waals surface area (Å²) in [7, 11) is 1.69. The number of methoxy groups -OCH3 is 1. The summed E-state index contributed by atoms with van der Waals surface area (Å²) >= 11 is 0. The molecule has 0 heterocycles. The minimum absolute atomic E-state index is 0.402. The van der Waals surface area contributed by atoms with E-state index < -0.39 is 0 Å². The van der Waals surface area contributed by atoms with Crippen LogP contribution in [0.2, 0.25) is 0 Å². The van der Waals surface area contributed by atoms with E-state index in [-0.39, 0.29) is 0 Å². The number of hydrogen-bond acceptors (Lipinski definition) is 4. The smallest absolute Gasteiger partial charge is 0.119 e. The van der Waals surface area contributed by atoms with Gasteiger partial charge in [0, 0.05) is 40.5 Å². The summed E-state index contributed by atoms with van der Waals surface area (Å²) in [6.07, 6.45) is 0. The fourth-order valence-corrected chi connectivity index (χ4v) is 3.26. The van der Waals surface area contributed by atoms with E-state index in [1.807, 2.05) is 12.1 Å². The standard InChI is InChI=1S/C25H31N3O/c1-18(2)26-20-6-10-22(11-7-20)28(24-14-16-25(29-5)17-15-24)23-12-8-21(9-13-23)27-19(3)4/h6-19,26-27H,1-5H3. The first-order chi connectivity index (χ1) is 14.0. The zero-order chi connectivity index (χ0) is 20.8. The molecule has 29 heavy (non-hydrogen) atoms. The average Bonchev–Trinajstić information content (AvgIpc) is 2.70. The molecule has 0 amide bonds. The lowest BCUT2D eigenvalue weighted by Crippen LogP contribution is -2.12. The molecule has 0 unspecified atom stereocenters. The van der Waals surface area contributed by atoms with Crippen molar-refractivity contribution < 1.29 is 4.74 Å². The summed E-state index contributed by atoms with van der Waals surface area (Å²) in [5.41, 5.74) is 5.54. The summed E-state index contributed by atoms with van der Waals surface area (Å²) in [6, 6.07) is 26.0. The Hall–Kier alpha value is -3.14. The predicted octanol–water partition coefficient (Wildman–Crippen LogP) is 6.81. The second kappa shape index (κ2) is 9.37. The van der Waals surface area contributed by atoms with Crippen LogP contribution in [0.3, 0.4) is 0 Å². The van der Waals surface area contributed by atoms with E-state index >= 15 is 0 Å². The minimum Gasteiger partial charge on any atom is -0.497 e. The average molecular weight is 390 g/mol. The maximum Gasteiger partial charge on any atom is 0.119 e. The van der Waals surface area contributed by atoms with Crippen LogP contribution >= 0.6 is 0 Å². The highest BCUT2D eigenvalue weighted by Gasteiger charge is 2.13. The highest BCUT2D eigenvalue weighted by Crippen LogP contribution is 2.36. The van der Waals surface area contributed by atoms with Crippen molar-refractivity contribution >= 4 is 28.4 Å². The first-order valence-electron chi connectivity index (χ1n) is 10.1. The van der Waals surface area contributed by atoms with Gasteiger partial charge in [0.25, 0.3) is 0 Å². The van der Waals surface area contributed by atoms with E-state index in [0.717, 1.165) is 34.2 Å². The second-order valence-corrected chi connectivity index (χ2v) is 7.73. The Morgan fingerprint density at radius 1 is 0.586 bits per heavy atom.